The quantitative estimate of drug-likeness (QED) is 0.649. The van der Waals surface area contributed by atoms with Gasteiger partial charge in [0.15, 0.2) is 0 Å². The van der Waals surface area contributed by atoms with Crippen LogP contribution in [-0.2, 0) is 4.79 Å². The Morgan fingerprint density at radius 1 is 1.07 bits per heavy atom. The number of carbonyl (C=O) groups excluding carboxylic acids is 2. The van der Waals surface area contributed by atoms with Crippen molar-refractivity contribution in [2.24, 2.45) is 0 Å². The topological polar surface area (TPSA) is 99.2 Å². The number of nitrogens with one attached hydrogen (secondary N) is 3. The summed E-state index contributed by atoms with van der Waals surface area (Å²) in [7, 11) is 1.66. The van der Waals surface area contributed by atoms with Gasteiger partial charge < -0.3 is 20.9 Å². The fourth-order valence-corrected chi connectivity index (χ4v) is 2.80. The Labute approximate surface area is 161 Å². The van der Waals surface area contributed by atoms with Crippen LogP contribution in [0.4, 0.5) is 28.7 Å². The van der Waals surface area contributed by atoms with Gasteiger partial charge in [0.05, 0.1) is 29.7 Å². The molecule has 4 rings (SSSR count). The Kier molecular flexibility index (Phi) is 4.59. The molecule has 0 radical (unpaired) electrons. The summed E-state index contributed by atoms with van der Waals surface area (Å²) in [5.41, 5.74) is 2.42. The average Bonchev–Trinajstić information content (AvgIpc) is 2.73. The molecule has 140 valence electrons. The van der Waals surface area contributed by atoms with Crippen molar-refractivity contribution in [3.8, 4) is 0 Å². The molecule has 0 atom stereocenters. The van der Waals surface area contributed by atoms with Crippen molar-refractivity contribution in [3.63, 3.8) is 0 Å². The lowest BCUT2D eigenvalue weighted by Gasteiger charge is -2.26. The van der Waals surface area contributed by atoms with Gasteiger partial charge in [-0.25, -0.2) is 9.97 Å². The molecule has 0 saturated heterocycles. The number of likely N-dealkylation sites (N-methyl/N-ethyl adjacent to an activating group) is 1. The van der Waals surface area contributed by atoms with Gasteiger partial charge in [0.25, 0.3) is 5.91 Å². The van der Waals surface area contributed by atoms with Gasteiger partial charge in [0, 0.05) is 18.9 Å². The van der Waals surface area contributed by atoms with Crippen LogP contribution in [0, 0.1) is 0 Å². The molecule has 8 nitrogen and oxygen atoms in total. The van der Waals surface area contributed by atoms with Crippen LogP contribution in [0.3, 0.4) is 0 Å². The van der Waals surface area contributed by atoms with E-state index in [0.29, 0.717) is 28.6 Å². The molecule has 0 spiro atoms. The van der Waals surface area contributed by atoms with Crippen LogP contribution in [0.2, 0.25) is 0 Å². The summed E-state index contributed by atoms with van der Waals surface area (Å²) in [6, 6.07) is 14.9. The van der Waals surface area contributed by atoms with Crippen LogP contribution in [0.15, 0.2) is 60.9 Å². The second-order valence-electron chi connectivity index (χ2n) is 6.28. The van der Waals surface area contributed by atoms with E-state index in [1.807, 2.05) is 30.3 Å². The zero-order valence-electron chi connectivity index (χ0n) is 15.1. The summed E-state index contributed by atoms with van der Waals surface area (Å²) >= 11 is 0. The van der Waals surface area contributed by atoms with Gasteiger partial charge in [0.2, 0.25) is 5.91 Å². The number of para-hydroxylation sites is 1. The number of aromatic nitrogens is 2. The minimum Gasteiger partial charge on any atom is -0.359 e. The van der Waals surface area contributed by atoms with Gasteiger partial charge in [-0.3, -0.25) is 9.59 Å². The molecule has 3 aromatic rings. The predicted octanol–water partition coefficient (Wildman–Crippen LogP) is 2.86. The van der Waals surface area contributed by atoms with E-state index in [1.54, 1.807) is 31.4 Å². The number of pyridine rings is 2. The summed E-state index contributed by atoms with van der Waals surface area (Å²) in [6.07, 6.45) is 3.05. The molecule has 8 heteroatoms. The average molecular weight is 374 g/mol. The number of rotatable bonds is 4. The summed E-state index contributed by atoms with van der Waals surface area (Å²) in [5.74, 6) is 0.840. The van der Waals surface area contributed by atoms with Crippen molar-refractivity contribution in [1.29, 1.82) is 0 Å². The second-order valence-corrected chi connectivity index (χ2v) is 6.28. The monoisotopic (exact) mass is 374 g/mol. The van der Waals surface area contributed by atoms with Crippen LogP contribution in [-0.4, -0.2) is 35.4 Å². The normalized spacial score (nSPS) is 12.8. The molecule has 0 fully saturated rings. The van der Waals surface area contributed by atoms with Crippen LogP contribution in [0.1, 0.15) is 10.4 Å². The number of fused-ring (bicyclic) bond motifs is 1. The number of amides is 2. The fraction of sp³-hybridized carbons (Fsp3) is 0.100. The van der Waals surface area contributed by atoms with E-state index in [1.165, 1.54) is 11.1 Å². The van der Waals surface area contributed by atoms with E-state index < -0.39 is 0 Å². The van der Waals surface area contributed by atoms with Crippen LogP contribution in [0.25, 0.3) is 0 Å². The zero-order valence-corrected chi connectivity index (χ0v) is 15.1. The van der Waals surface area contributed by atoms with Gasteiger partial charge in [-0.1, -0.05) is 18.2 Å². The Hall–Kier alpha value is -3.94. The summed E-state index contributed by atoms with van der Waals surface area (Å²) in [4.78, 5) is 34.4. The minimum atomic E-state index is -0.327. The third-order valence-electron chi connectivity index (χ3n) is 4.34. The number of hydrogen-bond donors (Lipinski definition) is 3. The second kappa shape index (κ2) is 7.36. The molecular weight excluding hydrogens is 356 g/mol. The molecule has 1 aliphatic rings. The minimum absolute atomic E-state index is 0.0856. The highest BCUT2D eigenvalue weighted by molar-refractivity contribution is 6.07. The van der Waals surface area contributed by atoms with Crippen molar-refractivity contribution in [2.75, 3.05) is 34.4 Å². The van der Waals surface area contributed by atoms with Crippen molar-refractivity contribution >= 4 is 40.5 Å². The number of nitrogens with zero attached hydrogens (tertiary/aromatic N) is 3. The smallest absolute Gasteiger partial charge is 0.257 e. The molecule has 28 heavy (non-hydrogen) atoms. The maximum atomic E-state index is 12.5. The Morgan fingerprint density at radius 2 is 1.89 bits per heavy atom. The maximum absolute atomic E-state index is 12.5. The molecule has 0 unspecified atom stereocenters. The molecule has 0 saturated carbocycles. The van der Waals surface area contributed by atoms with Gasteiger partial charge in [-0.05, 0) is 30.3 Å². The van der Waals surface area contributed by atoms with Crippen molar-refractivity contribution in [2.45, 2.75) is 0 Å². The molecule has 0 aliphatic carbocycles. The first-order valence-corrected chi connectivity index (χ1v) is 8.70. The third kappa shape index (κ3) is 3.61. The largest absolute Gasteiger partial charge is 0.359 e. The molecule has 1 aromatic carbocycles. The fourth-order valence-electron chi connectivity index (χ4n) is 2.80. The van der Waals surface area contributed by atoms with E-state index in [2.05, 4.69) is 25.9 Å². The van der Waals surface area contributed by atoms with Crippen LogP contribution < -0.4 is 20.9 Å². The number of carbonyl (C=O) groups is 2. The SMILES string of the molecule is CN1C(=O)CNc2ncc(C(=O)Nc3ccc(Nc4ccccc4)nc3)cc21. The Bertz CT molecular complexity index is 1020. The molecule has 3 heterocycles. The van der Waals surface area contributed by atoms with E-state index >= 15 is 0 Å². The van der Waals surface area contributed by atoms with Crippen LogP contribution >= 0.6 is 0 Å². The molecule has 0 bridgehead atoms. The Balaban J connectivity index is 1.46. The highest BCUT2D eigenvalue weighted by Gasteiger charge is 2.23. The lowest BCUT2D eigenvalue weighted by molar-refractivity contribution is -0.116. The van der Waals surface area contributed by atoms with Gasteiger partial charge >= 0.3 is 0 Å². The predicted molar refractivity (Wildman–Crippen MR) is 108 cm³/mol. The highest BCUT2D eigenvalue weighted by atomic mass is 16.2. The summed E-state index contributed by atoms with van der Waals surface area (Å²) in [5, 5.41) is 8.90. The Morgan fingerprint density at radius 3 is 2.64 bits per heavy atom. The van der Waals surface area contributed by atoms with E-state index in [4.69, 9.17) is 0 Å². The molecular formula is C20H18N6O2. The van der Waals surface area contributed by atoms with Crippen LogP contribution in [0.5, 0.6) is 0 Å². The summed E-state index contributed by atoms with van der Waals surface area (Å²) in [6.45, 7) is 0.192. The molecule has 3 N–H and O–H groups in total. The van der Waals surface area contributed by atoms with Gasteiger partial charge in [0.1, 0.15) is 11.6 Å². The van der Waals surface area contributed by atoms with Crippen molar-refractivity contribution < 1.29 is 9.59 Å². The zero-order chi connectivity index (χ0) is 19.5. The van der Waals surface area contributed by atoms with Crippen molar-refractivity contribution in [1.82, 2.24) is 9.97 Å². The molecule has 2 amide bonds. The number of anilines is 5. The van der Waals surface area contributed by atoms with E-state index in [-0.39, 0.29) is 18.4 Å². The molecule has 2 aromatic heterocycles. The first kappa shape index (κ1) is 17.5. The lowest BCUT2D eigenvalue weighted by Crippen LogP contribution is -2.37. The number of hydrogen-bond acceptors (Lipinski definition) is 6. The van der Waals surface area contributed by atoms with Crippen molar-refractivity contribution in [3.05, 3.63) is 66.5 Å². The molecule has 1 aliphatic heterocycles. The first-order chi connectivity index (χ1) is 13.6. The van der Waals surface area contributed by atoms with E-state index in [0.717, 1.165) is 5.69 Å². The summed E-state index contributed by atoms with van der Waals surface area (Å²) < 4.78 is 0. The van der Waals surface area contributed by atoms with Gasteiger partial charge in [-0.2, -0.15) is 0 Å². The standard InChI is InChI=1S/C20H18N6O2/c1-26-16-9-13(10-22-19(16)23-12-18(26)27)20(28)25-15-7-8-17(21-11-15)24-14-5-3-2-4-6-14/h2-11H,12H2,1H3,(H,21,24)(H,22,23)(H,25,28). The highest BCUT2D eigenvalue weighted by Crippen LogP contribution is 2.27. The maximum Gasteiger partial charge on any atom is 0.257 e. The lowest BCUT2D eigenvalue weighted by atomic mass is 10.2. The first-order valence-electron chi connectivity index (χ1n) is 8.70. The number of benzene rings is 1. The van der Waals surface area contributed by atoms with Gasteiger partial charge in [-0.15, -0.1) is 0 Å². The third-order valence-corrected chi connectivity index (χ3v) is 4.34. The van der Waals surface area contributed by atoms with E-state index in [9.17, 15) is 9.59 Å².